The summed E-state index contributed by atoms with van der Waals surface area (Å²) >= 11 is 1.52. The summed E-state index contributed by atoms with van der Waals surface area (Å²) in [5.74, 6) is 0.326. The number of aromatic nitrogens is 5. The summed E-state index contributed by atoms with van der Waals surface area (Å²) in [6.07, 6.45) is 3.24. The van der Waals surface area contributed by atoms with Crippen LogP contribution in [0.5, 0.6) is 0 Å². The van der Waals surface area contributed by atoms with E-state index in [2.05, 4.69) is 15.7 Å². The molecule has 3 aromatic heterocycles. The highest BCUT2D eigenvalue weighted by molar-refractivity contribution is 7.21. The summed E-state index contributed by atoms with van der Waals surface area (Å²) < 4.78 is 2.83. The van der Waals surface area contributed by atoms with Gasteiger partial charge in [0.1, 0.15) is 16.9 Å². The Morgan fingerprint density at radius 2 is 1.90 bits per heavy atom. The first-order chi connectivity index (χ1) is 19.3. The lowest BCUT2D eigenvalue weighted by molar-refractivity contribution is -0.0545. The van der Waals surface area contributed by atoms with Crippen molar-refractivity contribution in [2.75, 3.05) is 17.2 Å². The van der Waals surface area contributed by atoms with Crippen molar-refractivity contribution in [2.24, 2.45) is 5.92 Å². The lowest BCUT2D eigenvalue weighted by Crippen LogP contribution is -2.48. The zero-order valence-electron chi connectivity index (χ0n) is 22.2. The highest BCUT2D eigenvalue weighted by atomic mass is 32.1. The second-order valence-electron chi connectivity index (χ2n) is 10.2. The Bertz CT molecular complexity index is 1590. The second-order valence-corrected chi connectivity index (χ2v) is 11.3. The number of thiazole rings is 1. The Balaban J connectivity index is 1.34. The Morgan fingerprint density at radius 1 is 1.10 bits per heavy atom. The number of benzene rings is 2. The number of rotatable bonds is 8. The van der Waals surface area contributed by atoms with Crippen LogP contribution in [-0.2, 0) is 0 Å². The SMILES string of the molecule is Cc1nc(N[C@H](C)c2ccc(-n3cccn3)cc2)nc(N[C@@]2(O)CC[C@H](CO)[C@H]2O)c1-c1nc2ccccc2s1. The summed E-state index contributed by atoms with van der Waals surface area (Å²) in [6, 6.07) is 17.7. The van der Waals surface area contributed by atoms with Crippen molar-refractivity contribution in [3.05, 3.63) is 78.2 Å². The molecule has 0 radical (unpaired) electrons. The molecule has 206 valence electrons. The van der Waals surface area contributed by atoms with Gasteiger partial charge in [-0.25, -0.2) is 14.6 Å². The Labute approximate surface area is 235 Å². The molecule has 0 saturated heterocycles. The number of anilines is 2. The van der Waals surface area contributed by atoms with Crippen LogP contribution in [0.4, 0.5) is 11.8 Å². The number of fused-ring (bicyclic) bond motifs is 1. The van der Waals surface area contributed by atoms with Crippen molar-refractivity contribution in [3.8, 4) is 16.3 Å². The average Bonchev–Trinajstić information content (AvgIpc) is 3.69. The fourth-order valence-electron chi connectivity index (χ4n) is 5.21. The third kappa shape index (κ3) is 4.92. The van der Waals surface area contributed by atoms with Crippen molar-refractivity contribution in [1.29, 1.82) is 0 Å². The fourth-order valence-corrected chi connectivity index (χ4v) is 6.27. The molecule has 5 aromatic rings. The van der Waals surface area contributed by atoms with E-state index in [-0.39, 0.29) is 19.1 Å². The third-order valence-corrected chi connectivity index (χ3v) is 8.56. The fraction of sp³-hybridized carbons (Fsp3) is 0.310. The number of aliphatic hydroxyl groups is 3. The van der Waals surface area contributed by atoms with Gasteiger partial charge in [0.25, 0.3) is 0 Å². The molecular weight excluding hydrogens is 526 g/mol. The van der Waals surface area contributed by atoms with Gasteiger partial charge in [-0.05, 0) is 62.6 Å². The van der Waals surface area contributed by atoms with Crippen LogP contribution in [0.25, 0.3) is 26.5 Å². The lowest BCUT2D eigenvalue weighted by atomic mass is 10.0. The molecule has 4 atom stereocenters. The first-order valence-corrected chi connectivity index (χ1v) is 14.1. The largest absolute Gasteiger partial charge is 0.396 e. The quantitative estimate of drug-likeness (QED) is 0.177. The molecule has 1 aliphatic carbocycles. The van der Waals surface area contributed by atoms with Crippen LogP contribution >= 0.6 is 11.3 Å². The summed E-state index contributed by atoms with van der Waals surface area (Å²) in [7, 11) is 0. The van der Waals surface area contributed by atoms with E-state index in [9.17, 15) is 15.3 Å². The van der Waals surface area contributed by atoms with Crippen LogP contribution in [0.3, 0.4) is 0 Å². The van der Waals surface area contributed by atoms with Gasteiger partial charge in [-0.15, -0.1) is 11.3 Å². The zero-order chi connectivity index (χ0) is 27.9. The van der Waals surface area contributed by atoms with E-state index in [0.29, 0.717) is 34.5 Å². The number of hydrogen-bond acceptors (Lipinski definition) is 10. The molecule has 0 aliphatic heterocycles. The Kier molecular flexibility index (Phi) is 6.97. The molecule has 3 heterocycles. The van der Waals surface area contributed by atoms with E-state index in [1.54, 1.807) is 10.9 Å². The molecule has 0 amide bonds. The smallest absolute Gasteiger partial charge is 0.225 e. The molecule has 6 rings (SSSR count). The van der Waals surface area contributed by atoms with E-state index in [0.717, 1.165) is 21.5 Å². The molecule has 0 unspecified atom stereocenters. The minimum atomic E-state index is -1.65. The number of hydrogen-bond donors (Lipinski definition) is 5. The van der Waals surface area contributed by atoms with Crippen LogP contribution in [0.15, 0.2) is 67.0 Å². The molecule has 0 bridgehead atoms. The molecule has 1 fully saturated rings. The van der Waals surface area contributed by atoms with E-state index in [1.807, 2.05) is 74.6 Å². The summed E-state index contributed by atoms with van der Waals surface area (Å²) in [4.78, 5) is 14.3. The first-order valence-electron chi connectivity index (χ1n) is 13.3. The minimum Gasteiger partial charge on any atom is -0.396 e. The van der Waals surface area contributed by atoms with Crippen molar-refractivity contribution < 1.29 is 15.3 Å². The Morgan fingerprint density at radius 3 is 2.60 bits per heavy atom. The van der Waals surface area contributed by atoms with E-state index < -0.39 is 17.7 Å². The van der Waals surface area contributed by atoms with Gasteiger partial charge in [0, 0.05) is 24.9 Å². The predicted octanol–water partition coefficient (Wildman–Crippen LogP) is 4.28. The highest BCUT2D eigenvalue weighted by Crippen LogP contribution is 2.41. The maximum Gasteiger partial charge on any atom is 0.225 e. The first kappa shape index (κ1) is 26.3. The van der Waals surface area contributed by atoms with Crippen LogP contribution in [-0.4, -0.2) is 58.5 Å². The number of para-hydroxylation sites is 1. The lowest BCUT2D eigenvalue weighted by Gasteiger charge is -2.31. The molecule has 10 nitrogen and oxygen atoms in total. The van der Waals surface area contributed by atoms with Gasteiger partial charge in [0.15, 0.2) is 5.72 Å². The predicted molar refractivity (Wildman–Crippen MR) is 155 cm³/mol. The standard InChI is InChI=1S/C29H31N7O3S/c1-17(19-8-10-21(11-9-19)36-15-5-14-30-36)31-28-32-18(2)24(27-33-22-6-3-4-7-23(22)40-27)26(34-28)35-29(39)13-12-20(16-37)25(29)38/h3-11,14-15,17,20,25,37-39H,12-13,16H2,1-2H3,(H2,31,32,34,35)/t17-,20-,25-,29-/m1/s1. The van der Waals surface area contributed by atoms with Gasteiger partial charge < -0.3 is 26.0 Å². The maximum atomic E-state index is 11.4. The van der Waals surface area contributed by atoms with Gasteiger partial charge >= 0.3 is 0 Å². The van der Waals surface area contributed by atoms with Crippen LogP contribution in [0, 0.1) is 12.8 Å². The number of aryl methyl sites for hydroxylation is 1. The van der Waals surface area contributed by atoms with Gasteiger partial charge in [-0.3, -0.25) is 0 Å². The van der Waals surface area contributed by atoms with Gasteiger partial charge in [0.05, 0.1) is 33.2 Å². The molecule has 1 saturated carbocycles. The zero-order valence-corrected chi connectivity index (χ0v) is 23.0. The van der Waals surface area contributed by atoms with Crippen molar-refractivity contribution in [3.63, 3.8) is 0 Å². The molecule has 5 N–H and O–H groups in total. The van der Waals surface area contributed by atoms with E-state index in [4.69, 9.17) is 15.0 Å². The van der Waals surface area contributed by atoms with Crippen LogP contribution in [0.1, 0.15) is 37.1 Å². The second kappa shape index (κ2) is 10.6. The van der Waals surface area contributed by atoms with E-state index in [1.165, 1.54) is 11.3 Å². The van der Waals surface area contributed by atoms with Crippen LogP contribution < -0.4 is 10.6 Å². The normalized spacial score (nSPS) is 21.5. The average molecular weight is 558 g/mol. The minimum absolute atomic E-state index is 0.119. The number of aliphatic hydroxyl groups excluding tert-OH is 2. The molecule has 1 aliphatic rings. The van der Waals surface area contributed by atoms with Crippen molar-refractivity contribution in [2.45, 2.75) is 44.6 Å². The van der Waals surface area contributed by atoms with Gasteiger partial charge in [-0.2, -0.15) is 10.1 Å². The van der Waals surface area contributed by atoms with Crippen LogP contribution in [0.2, 0.25) is 0 Å². The summed E-state index contributed by atoms with van der Waals surface area (Å²) in [5, 5.41) is 43.4. The molecular formula is C29H31N7O3S. The topological polar surface area (TPSA) is 141 Å². The number of nitrogens with zero attached hydrogens (tertiary/aromatic N) is 5. The van der Waals surface area contributed by atoms with Crippen molar-refractivity contribution >= 4 is 33.3 Å². The Hall–Kier alpha value is -3.90. The molecule has 11 heteroatoms. The highest BCUT2D eigenvalue weighted by Gasteiger charge is 2.47. The summed E-state index contributed by atoms with van der Waals surface area (Å²) in [6.45, 7) is 3.70. The molecule has 2 aromatic carbocycles. The van der Waals surface area contributed by atoms with Gasteiger partial charge in [0.2, 0.25) is 5.95 Å². The third-order valence-electron chi connectivity index (χ3n) is 7.51. The summed E-state index contributed by atoms with van der Waals surface area (Å²) in [5.41, 5.74) is 2.56. The maximum absolute atomic E-state index is 11.4. The molecule has 40 heavy (non-hydrogen) atoms. The van der Waals surface area contributed by atoms with Crippen molar-refractivity contribution in [1.82, 2.24) is 24.7 Å². The molecule has 0 spiro atoms. The van der Waals surface area contributed by atoms with Gasteiger partial charge in [-0.1, -0.05) is 24.3 Å². The number of nitrogens with one attached hydrogen (secondary N) is 2. The van der Waals surface area contributed by atoms with E-state index >= 15 is 0 Å². The monoisotopic (exact) mass is 557 g/mol.